The molecule has 9 aromatic rings. The molecule has 9 aromatic carbocycles. The maximum absolute atomic E-state index is 2.44. The minimum atomic E-state index is -0.117. The number of hydrogen-bond acceptors (Lipinski definition) is 1. The second-order valence-corrected chi connectivity index (χ2v) is 15.4. The van der Waals surface area contributed by atoms with E-state index < -0.39 is 0 Å². The van der Waals surface area contributed by atoms with Crippen molar-refractivity contribution >= 4 is 27.8 Å². The van der Waals surface area contributed by atoms with E-state index in [9.17, 15) is 0 Å². The van der Waals surface area contributed by atoms with Gasteiger partial charge in [-0.2, -0.15) is 0 Å². The molecule has 56 heavy (non-hydrogen) atoms. The number of nitrogens with zero attached hydrogens (tertiary/aromatic N) is 1. The predicted octanol–water partition coefficient (Wildman–Crippen LogP) is 15.3. The highest BCUT2D eigenvalue weighted by molar-refractivity contribution is 5.97. The Labute approximate surface area is 329 Å². The molecule has 0 unspecified atom stereocenters. The summed E-state index contributed by atoms with van der Waals surface area (Å²) in [6.45, 7) is 4.72. The zero-order chi connectivity index (χ0) is 37.6. The Balaban J connectivity index is 1.12. The minimum Gasteiger partial charge on any atom is -0.310 e. The standard InChI is InChI=1S/C55H41N/c1-55(2)53-26-12-11-24-51(53)52-32-31-47(37-54(52)55)56(48-35-44(38-15-5-3-6-16-38)34-45(36-48)39-17-7-4-8-18-39)46-29-27-40(28-30-46)42-21-13-22-43(33-42)50-25-14-20-41-19-9-10-23-49(41)50/h3-37H,1-2H3. The van der Waals surface area contributed by atoms with Gasteiger partial charge >= 0.3 is 0 Å². The van der Waals surface area contributed by atoms with Gasteiger partial charge in [0.1, 0.15) is 0 Å². The summed E-state index contributed by atoms with van der Waals surface area (Å²) in [5, 5.41) is 2.52. The lowest BCUT2D eigenvalue weighted by Gasteiger charge is -2.29. The van der Waals surface area contributed by atoms with Gasteiger partial charge in [-0.05, 0) is 126 Å². The van der Waals surface area contributed by atoms with Crippen LogP contribution in [0.2, 0.25) is 0 Å². The number of anilines is 3. The van der Waals surface area contributed by atoms with Crippen molar-refractivity contribution in [1.29, 1.82) is 0 Å². The first-order valence-electron chi connectivity index (χ1n) is 19.5. The van der Waals surface area contributed by atoms with Gasteiger partial charge < -0.3 is 4.90 Å². The lowest BCUT2D eigenvalue weighted by molar-refractivity contribution is 0.660. The van der Waals surface area contributed by atoms with Crippen LogP contribution < -0.4 is 4.90 Å². The third kappa shape index (κ3) is 5.90. The first-order chi connectivity index (χ1) is 27.5. The molecular formula is C55H41N. The predicted molar refractivity (Wildman–Crippen MR) is 238 cm³/mol. The van der Waals surface area contributed by atoms with E-state index >= 15 is 0 Å². The third-order valence-corrected chi connectivity index (χ3v) is 11.6. The van der Waals surface area contributed by atoms with E-state index in [1.807, 2.05) is 0 Å². The molecule has 0 bridgehead atoms. The van der Waals surface area contributed by atoms with Crippen LogP contribution in [0, 0.1) is 0 Å². The van der Waals surface area contributed by atoms with Crippen LogP contribution in [0.5, 0.6) is 0 Å². The second kappa shape index (κ2) is 13.7. The highest BCUT2D eigenvalue weighted by atomic mass is 15.1. The van der Waals surface area contributed by atoms with Gasteiger partial charge in [-0.25, -0.2) is 0 Å². The minimum absolute atomic E-state index is 0.117. The van der Waals surface area contributed by atoms with Crippen molar-refractivity contribution in [2.45, 2.75) is 19.3 Å². The molecule has 1 aliphatic rings. The van der Waals surface area contributed by atoms with Crippen molar-refractivity contribution in [2.75, 3.05) is 4.90 Å². The van der Waals surface area contributed by atoms with E-state index in [1.54, 1.807) is 0 Å². The monoisotopic (exact) mass is 715 g/mol. The van der Waals surface area contributed by atoms with E-state index in [1.165, 1.54) is 77.5 Å². The summed E-state index contributed by atoms with van der Waals surface area (Å²) >= 11 is 0. The Kier molecular flexibility index (Phi) is 8.23. The summed E-state index contributed by atoms with van der Waals surface area (Å²) in [6.07, 6.45) is 0. The van der Waals surface area contributed by atoms with E-state index in [-0.39, 0.29) is 5.41 Å². The van der Waals surface area contributed by atoms with Crippen LogP contribution in [0.25, 0.3) is 66.4 Å². The lowest BCUT2D eigenvalue weighted by atomic mass is 9.82. The van der Waals surface area contributed by atoms with Gasteiger partial charge in [-0.15, -0.1) is 0 Å². The zero-order valence-corrected chi connectivity index (χ0v) is 31.7. The van der Waals surface area contributed by atoms with Crippen molar-refractivity contribution < 1.29 is 0 Å². The largest absolute Gasteiger partial charge is 0.310 e. The molecular weight excluding hydrogens is 675 g/mol. The zero-order valence-electron chi connectivity index (χ0n) is 31.7. The summed E-state index contributed by atoms with van der Waals surface area (Å²) in [5.74, 6) is 0. The molecule has 0 saturated heterocycles. The highest BCUT2D eigenvalue weighted by Crippen LogP contribution is 2.51. The highest BCUT2D eigenvalue weighted by Gasteiger charge is 2.35. The molecule has 0 heterocycles. The fourth-order valence-electron chi connectivity index (χ4n) is 8.76. The third-order valence-electron chi connectivity index (χ3n) is 11.6. The summed E-state index contributed by atoms with van der Waals surface area (Å²) < 4.78 is 0. The van der Waals surface area contributed by atoms with E-state index in [4.69, 9.17) is 0 Å². The number of hydrogen-bond donors (Lipinski definition) is 0. The summed E-state index contributed by atoms with van der Waals surface area (Å²) in [7, 11) is 0. The van der Waals surface area contributed by atoms with Crippen LogP contribution in [0.1, 0.15) is 25.0 Å². The van der Waals surface area contributed by atoms with E-state index in [0.29, 0.717) is 0 Å². The van der Waals surface area contributed by atoms with Crippen molar-refractivity contribution in [3.05, 3.63) is 223 Å². The molecule has 0 aliphatic heterocycles. The summed E-state index contributed by atoms with van der Waals surface area (Å²) in [5.41, 5.74) is 18.2. The molecule has 0 spiro atoms. The normalized spacial score (nSPS) is 12.6. The van der Waals surface area contributed by atoms with Gasteiger partial charge in [-0.3, -0.25) is 0 Å². The molecule has 0 saturated carbocycles. The quantitative estimate of drug-likeness (QED) is 0.159. The van der Waals surface area contributed by atoms with Gasteiger partial charge in [0, 0.05) is 22.5 Å². The molecule has 266 valence electrons. The molecule has 1 heteroatoms. The van der Waals surface area contributed by atoms with Crippen LogP contribution in [-0.2, 0) is 5.41 Å². The molecule has 0 aromatic heterocycles. The molecule has 0 fully saturated rings. The number of rotatable bonds is 7. The first kappa shape index (κ1) is 33.6. The first-order valence-corrected chi connectivity index (χ1v) is 19.5. The van der Waals surface area contributed by atoms with Crippen LogP contribution in [0.15, 0.2) is 212 Å². The summed E-state index contributed by atoms with van der Waals surface area (Å²) in [6, 6.07) is 77.7. The lowest BCUT2D eigenvalue weighted by Crippen LogP contribution is -2.16. The van der Waals surface area contributed by atoms with Crippen LogP contribution in [0.4, 0.5) is 17.1 Å². The number of fused-ring (bicyclic) bond motifs is 4. The van der Waals surface area contributed by atoms with Gasteiger partial charge in [0.05, 0.1) is 0 Å². The van der Waals surface area contributed by atoms with Crippen LogP contribution >= 0.6 is 0 Å². The summed E-state index contributed by atoms with van der Waals surface area (Å²) in [4.78, 5) is 2.44. The molecule has 1 aliphatic carbocycles. The second-order valence-electron chi connectivity index (χ2n) is 15.4. The maximum atomic E-state index is 2.44. The topological polar surface area (TPSA) is 3.24 Å². The van der Waals surface area contributed by atoms with Crippen molar-refractivity contribution in [3.8, 4) is 55.6 Å². The Morgan fingerprint density at radius 3 is 1.57 bits per heavy atom. The van der Waals surface area contributed by atoms with Crippen molar-refractivity contribution in [2.24, 2.45) is 0 Å². The Morgan fingerprint density at radius 2 is 0.821 bits per heavy atom. The molecule has 1 nitrogen and oxygen atoms in total. The molecule has 0 atom stereocenters. The van der Waals surface area contributed by atoms with Crippen LogP contribution in [-0.4, -0.2) is 0 Å². The Bertz CT molecular complexity index is 2800. The maximum Gasteiger partial charge on any atom is 0.0473 e. The molecule has 0 amide bonds. The fraction of sp³-hybridized carbons (Fsp3) is 0.0545. The molecule has 10 rings (SSSR count). The molecule has 0 radical (unpaired) electrons. The number of benzene rings is 9. The van der Waals surface area contributed by atoms with Crippen molar-refractivity contribution in [3.63, 3.8) is 0 Å². The average Bonchev–Trinajstić information content (AvgIpc) is 3.49. The van der Waals surface area contributed by atoms with Gasteiger partial charge in [0.25, 0.3) is 0 Å². The van der Waals surface area contributed by atoms with E-state index in [2.05, 4.69) is 231 Å². The molecule has 0 N–H and O–H groups in total. The Morgan fingerprint density at radius 1 is 0.304 bits per heavy atom. The van der Waals surface area contributed by atoms with Crippen LogP contribution in [0.3, 0.4) is 0 Å². The Hall–Kier alpha value is -6.96. The average molecular weight is 716 g/mol. The van der Waals surface area contributed by atoms with Gasteiger partial charge in [-0.1, -0.05) is 178 Å². The van der Waals surface area contributed by atoms with E-state index in [0.717, 1.165) is 17.1 Å². The fourth-order valence-corrected chi connectivity index (χ4v) is 8.76. The van der Waals surface area contributed by atoms with Gasteiger partial charge in [0.15, 0.2) is 0 Å². The van der Waals surface area contributed by atoms with Crippen molar-refractivity contribution in [1.82, 2.24) is 0 Å². The SMILES string of the molecule is CC1(C)c2ccccc2-c2ccc(N(c3ccc(-c4cccc(-c5cccc6ccccc56)c4)cc3)c3cc(-c4ccccc4)cc(-c4ccccc4)c3)cc21. The van der Waals surface area contributed by atoms with Gasteiger partial charge in [0.2, 0.25) is 0 Å². The smallest absolute Gasteiger partial charge is 0.0473 e.